The van der Waals surface area contributed by atoms with E-state index in [1.807, 2.05) is 62.4 Å². The van der Waals surface area contributed by atoms with E-state index >= 15 is 0 Å². The molecule has 0 radical (unpaired) electrons. The van der Waals surface area contributed by atoms with E-state index in [-0.39, 0.29) is 5.91 Å². The minimum Gasteiger partial charge on any atom is -0.491 e. The molecular weight excluding hydrogens is 350 g/mol. The molecule has 0 aliphatic rings. The molecular formula is C24H27NO3. The van der Waals surface area contributed by atoms with Crippen LogP contribution in [0.1, 0.15) is 24.5 Å². The van der Waals surface area contributed by atoms with Crippen LogP contribution in [0, 0.1) is 13.8 Å². The van der Waals surface area contributed by atoms with Crippen molar-refractivity contribution in [3.05, 3.63) is 71.8 Å². The lowest BCUT2D eigenvalue weighted by atomic mass is 10.1. The van der Waals surface area contributed by atoms with Gasteiger partial charge >= 0.3 is 0 Å². The van der Waals surface area contributed by atoms with Crippen molar-refractivity contribution in [2.45, 2.75) is 33.3 Å². The molecule has 146 valence electrons. The molecule has 0 saturated carbocycles. The predicted octanol–water partition coefficient (Wildman–Crippen LogP) is 4.81. The fourth-order valence-corrected chi connectivity index (χ4v) is 3.14. The standard InChI is InChI=1S/C24H27NO3/c1-4-22(28-21-11-10-19-7-5-6-8-20(19)16-21)24(26)25-13-14-27-23-12-9-17(2)15-18(23)3/h5-12,15-16,22H,4,13-14H2,1-3H3,(H,25,26)/t22-/m0/s1. The maximum absolute atomic E-state index is 12.5. The first-order valence-electron chi connectivity index (χ1n) is 9.70. The third-order valence-electron chi connectivity index (χ3n) is 4.65. The monoisotopic (exact) mass is 377 g/mol. The van der Waals surface area contributed by atoms with Gasteiger partial charge in [-0.25, -0.2) is 0 Å². The molecule has 1 N–H and O–H groups in total. The highest BCUT2D eigenvalue weighted by atomic mass is 16.5. The van der Waals surface area contributed by atoms with Crippen LogP contribution in [0.3, 0.4) is 0 Å². The zero-order chi connectivity index (χ0) is 19.9. The highest BCUT2D eigenvalue weighted by Gasteiger charge is 2.18. The lowest BCUT2D eigenvalue weighted by Crippen LogP contribution is -2.39. The molecule has 1 amide bonds. The van der Waals surface area contributed by atoms with E-state index < -0.39 is 6.10 Å². The molecule has 0 saturated heterocycles. The molecule has 4 nitrogen and oxygen atoms in total. The van der Waals surface area contributed by atoms with Gasteiger partial charge in [-0.1, -0.05) is 55.0 Å². The van der Waals surface area contributed by atoms with Crippen molar-refractivity contribution in [1.29, 1.82) is 0 Å². The normalized spacial score (nSPS) is 11.8. The smallest absolute Gasteiger partial charge is 0.261 e. The molecule has 0 heterocycles. The summed E-state index contributed by atoms with van der Waals surface area (Å²) >= 11 is 0. The number of rotatable bonds is 8. The van der Waals surface area contributed by atoms with Crippen LogP contribution in [0.25, 0.3) is 10.8 Å². The Morgan fingerprint density at radius 2 is 1.79 bits per heavy atom. The molecule has 3 aromatic carbocycles. The average Bonchev–Trinajstić information content (AvgIpc) is 2.70. The molecule has 3 aromatic rings. The van der Waals surface area contributed by atoms with Gasteiger partial charge < -0.3 is 14.8 Å². The lowest BCUT2D eigenvalue weighted by molar-refractivity contribution is -0.128. The molecule has 4 heteroatoms. The first kappa shape index (κ1) is 19.7. The molecule has 1 atom stereocenters. The van der Waals surface area contributed by atoms with E-state index in [0.29, 0.717) is 25.3 Å². The van der Waals surface area contributed by atoms with E-state index in [4.69, 9.17) is 9.47 Å². The second-order valence-corrected chi connectivity index (χ2v) is 6.93. The summed E-state index contributed by atoms with van der Waals surface area (Å²) < 4.78 is 11.7. The van der Waals surface area contributed by atoms with Gasteiger partial charge in [0.2, 0.25) is 0 Å². The second kappa shape index (κ2) is 9.27. The van der Waals surface area contributed by atoms with Crippen LogP contribution >= 0.6 is 0 Å². The summed E-state index contributed by atoms with van der Waals surface area (Å²) in [5.74, 6) is 1.42. The van der Waals surface area contributed by atoms with Gasteiger partial charge in [-0.05, 0) is 54.8 Å². The topological polar surface area (TPSA) is 47.6 Å². The number of hydrogen-bond acceptors (Lipinski definition) is 3. The van der Waals surface area contributed by atoms with Gasteiger partial charge in [-0.2, -0.15) is 0 Å². The molecule has 0 aliphatic carbocycles. The zero-order valence-corrected chi connectivity index (χ0v) is 16.7. The van der Waals surface area contributed by atoms with Gasteiger partial charge in [0.05, 0.1) is 6.54 Å². The maximum Gasteiger partial charge on any atom is 0.261 e. The quantitative estimate of drug-likeness (QED) is 0.573. The Kier molecular flexibility index (Phi) is 6.53. The third kappa shape index (κ3) is 5.03. The largest absolute Gasteiger partial charge is 0.491 e. The minimum absolute atomic E-state index is 0.125. The molecule has 0 bridgehead atoms. The Balaban J connectivity index is 1.51. The summed E-state index contributed by atoms with van der Waals surface area (Å²) in [4.78, 5) is 12.5. The summed E-state index contributed by atoms with van der Waals surface area (Å²) in [7, 11) is 0. The van der Waals surface area contributed by atoms with Crippen LogP contribution in [0.15, 0.2) is 60.7 Å². The first-order valence-corrected chi connectivity index (χ1v) is 9.70. The summed E-state index contributed by atoms with van der Waals surface area (Å²) in [6.07, 6.45) is 0.0682. The number of hydrogen-bond donors (Lipinski definition) is 1. The van der Waals surface area contributed by atoms with Crippen molar-refractivity contribution in [2.75, 3.05) is 13.2 Å². The maximum atomic E-state index is 12.5. The Morgan fingerprint density at radius 3 is 2.54 bits per heavy atom. The number of fused-ring (bicyclic) bond motifs is 1. The second-order valence-electron chi connectivity index (χ2n) is 6.93. The van der Waals surface area contributed by atoms with Crippen LogP contribution in [-0.2, 0) is 4.79 Å². The number of aryl methyl sites for hydroxylation is 2. The van der Waals surface area contributed by atoms with Crippen molar-refractivity contribution in [2.24, 2.45) is 0 Å². The Labute approximate surface area is 166 Å². The van der Waals surface area contributed by atoms with Crippen LogP contribution in [0.2, 0.25) is 0 Å². The number of amides is 1. The van der Waals surface area contributed by atoms with Gasteiger partial charge in [0.15, 0.2) is 6.10 Å². The summed E-state index contributed by atoms with van der Waals surface area (Å²) in [6.45, 7) is 6.87. The van der Waals surface area contributed by atoms with E-state index in [0.717, 1.165) is 22.1 Å². The van der Waals surface area contributed by atoms with Crippen molar-refractivity contribution in [1.82, 2.24) is 5.32 Å². The Hall–Kier alpha value is -3.01. The van der Waals surface area contributed by atoms with Crippen LogP contribution in [-0.4, -0.2) is 25.2 Å². The summed E-state index contributed by atoms with van der Waals surface area (Å²) in [5.41, 5.74) is 2.30. The van der Waals surface area contributed by atoms with E-state index in [1.54, 1.807) is 0 Å². The van der Waals surface area contributed by atoms with Crippen LogP contribution in [0.4, 0.5) is 0 Å². The number of benzene rings is 3. The lowest BCUT2D eigenvalue weighted by Gasteiger charge is -2.18. The molecule has 0 spiro atoms. The molecule has 0 aliphatic heterocycles. The van der Waals surface area contributed by atoms with E-state index in [9.17, 15) is 4.79 Å². The number of nitrogens with one attached hydrogen (secondary N) is 1. The Morgan fingerprint density at radius 1 is 1.00 bits per heavy atom. The van der Waals surface area contributed by atoms with Gasteiger partial charge in [0.1, 0.15) is 18.1 Å². The Bertz CT molecular complexity index is 951. The fraction of sp³-hybridized carbons (Fsp3) is 0.292. The first-order chi connectivity index (χ1) is 13.6. The van der Waals surface area contributed by atoms with Gasteiger partial charge in [0, 0.05) is 0 Å². The molecule has 28 heavy (non-hydrogen) atoms. The molecule has 0 fully saturated rings. The van der Waals surface area contributed by atoms with Gasteiger partial charge in [-0.15, -0.1) is 0 Å². The predicted molar refractivity (Wildman–Crippen MR) is 113 cm³/mol. The summed E-state index contributed by atoms with van der Waals surface area (Å²) in [6, 6.07) is 20.0. The van der Waals surface area contributed by atoms with Crippen molar-refractivity contribution in [3.63, 3.8) is 0 Å². The van der Waals surface area contributed by atoms with E-state index in [2.05, 4.69) is 24.4 Å². The van der Waals surface area contributed by atoms with Crippen molar-refractivity contribution in [3.8, 4) is 11.5 Å². The number of carbonyl (C=O) groups is 1. The third-order valence-corrected chi connectivity index (χ3v) is 4.65. The average molecular weight is 377 g/mol. The number of ether oxygens (including phenoxy) is 2. The minimum atomic E-state index is -0.526. The number of carbonyl (C=O) groups excluding carboxylic acids is 1. The molecule has 0 aromatic heterocycles. The van der Waals surface area contributed by atoms with E-state index in [1.165, 1.54) is 5.56 Å². The van der Waals surface area contributed by atoms with Crippen LogP contribution < -0.4 is 14.8 Å². The SMILES string of the molecule is CC[C@H](Oc1ccc2ccccc2c1)C(=O)NCCOc1ccc(C)cc1C. The van der Waals surface area contributed by atoms with Gasteiger partial charge in [-0.3, -0.25) is 4.79 Å². The summed E-state index contributed by atoms with van der Waals surface area (Å²) in [5, 5.41) is 5.15. The molecule has 3 rings (SSSR count). The highest BCUT2D eigenvalue weighted by molar-refractivity contribution is 5.84. The van der Waals surface area contributed by atoms with Crippen molar-refractivity contribution < 1.29 is 14.3 Å². The van der Waals surface area contributed by atoms with Crippen LogP contribution in [0.5, 0.6) is 11.5 Å². The van der Waals surface area contributed by atoms with Crippen molar-refractivity contribution >= 4 is 16.7 Å². The molecule has 0 unspecified atom stereocenters. The highest BCUT2D eigenvalue weighted by Crippen LogP contribution is 2.22. The zero-order valence-electron chi connectivity index (χ0n) is 16.7. The van der Waals surface area contributed by atoms with Gasteiger partial charge in [0.25, 0.3) is 5.91 Å². The fourth-order valence-electron chi connectivity index (χ4n) is 3.14.